The van der Waals surface area contributed by atoms with Gasteiger partial charge in [-0.1, -0.05) is 48.5 Å². The van der Waals surface area contributed by atoms with Crippen LogP contribution in [0.5, 0.6) is 0 Å². The number of benzene rings is 2. The van der Waals surface area contributed by atoms with Gasteiger partial charge in [-0.2, -0.15) is 0 Å². The molecule has 4 heteroatoms. The molecule has 1 heterocycles. The third-order valence-electron chi connectivity index (χ3n) is 4.02. The molecule has 2 aromatic rings. The molecule has 114 valence electrons. The van der Waals surface area contributed by atoms with Crippen molar-refractivity contribution in [2.24, 2.45) is 0 Å². The minimum atomic E-state index is 0.862. The van der Waals surface area contributed by atoms with Crippen molar-refractivity contribution in [1.82, 2.24) is 9.91 Å². The summed E-state index contributed by atoms with van der Waals surface area (Å²) in [7, 11) is 0. The minimum Gasteiger partial charge on any atom is -0.296 e. The maximum Gasteiger partial charge on any atom is 0.228 e. The maximum atomic E-state index is 11.4. The molecule has 0 spiro atoms. The van der Waals surface area contributed by atoms with Crippen LogP contribution in [0, 0.1) is 0 Å². The van der Waals surface area contributed by atoms with Crippen LogP contribution in [0.4, 0.5) is 5.69 Å². The summed E-state index contributed by atoms with van der Waals surface area (Å²) in [5, 5.41) is 3.84. The Balaban J connectivity index is 1.58. The van der Waals surface area contributed by atoms with Crippen LogP contribution in [0.2, 0.25) is 0 Å². The van der Waals surface area contributed by atoms with Gasteiger partial charge in [0.15, 0.2) is 0 Å². The molecule has 0 N–H and O–H groups in total. The fraction of sp³-hybridized carbons (Fsp3) is 0.278. The fourth-order valence-electron chi connectivity index (χ4n) is 2.82. The van der Waals surface area contributed by atoms with Gasteiger partial charge in [-0.25, -0.2) is 10.0 Å². The van der Waals surface area contributed by atoms with Gasteiger partial charge >= 0.3 is 0 Å². The molecule has 1 fully saturated rings. The Hall–Kier alpha value is -2.17. The predicted octanol–water partition coefficient (Wildman–Crippen LogP) is 2.38. The predicted molar refractivity (Wildman–Crippen MR) is 88.3 cm³/mol. The molecule has 0 bridgehead atoms. The van der Waals surface area contributed by atoms with E-state index in [9.17, 15) is 4.79 Å². The van der Waals surface area contributed by atoms with E-state index < -0.39 is 0 Å². The van der Waals surface area contributed by atoms with Crippen molar-refractivity contribution < 1.29 is 4.79 Å². The Bertz CT molecular complexity index is 580. The highest BCUT2D eigenvalue weighted by Gasteiger charge is 2.22. The lowest BCUT2D eigenvalue weighted by Crippen LogP contribution is -2.53. The van der Waals surface area contributed by atoms with Crippen molar-refractivity contribution in [1.29, 1.82) is 0 Å². The zero-order valence-electron chi connectivity index (χ0n) is 12.6. The Morgan fingerprint density at radius 2 is 1.45 bits per heavy atom. The molecule has 22 heavy (non-hydrogen) atoms. The number of hydrogen-bond donors (Lipinski definition) is 0. The first-order valence-electron chi connectivity index (χ1n) is 7.67. The topological polar surface area (TPSA) is 26.8 Å². The number of nitrogens with zero attached hydrogens (tertiary/aromatic N) is 3. The number of para-hydroxylation sites is 1. The van der Waals surface area contributed by atoms with Gasteiger partial charge in [0, 0.05) is 32.7 Å². The number of anilines is 1. The summed E-state index contributed by atoms with van der Waals surface area (Å²) in [6.07, 6.45) is 0.905. The van der Waals surface area contributed by atoms with E-state index in [-0.39, 0.29) is 0 Å². The highest BCUT2D eigenvalue weighted by atomic mass is 16.1. The van der Waals surface area contributed by atoms with Gasteiger partial charge in [0.05, 0.1) is 5.69 Å². The summed E-state index contributed by atoms with van der Waals surface area (Å²) < 4.78 is 0. The summed E-state index contributed by atoms with van der Waals surface area (Å²) in [6, 6.07) is 20.3. The Morgan fingerprint density at radius 3 is 2.05 bits per heavy atom. The molecular formula is C18H21N3O. The molecule has 0 unspecified atom stereocenters. The van der Waals surface area contributed by atoms with Crippen molar-refractivity contribution in [3.8, 4) is 0 Å². The van der Waals surface area contributed by atoms with Gasteiger partial charge in [-0.05, 0) is 17.7 Å². The Labute approximate surface area is 131 Å². The molecule has 1 aliphatic rings. The molecule has 2 aromatic carbocycles. The lowest BCUT2D eigenvalue weighted by Gasteiger charge is -2.39. The van der Waals surface area contributed by atoms with Crippen molar-refractivity contribution in [2.75, 3.05) is 31.2 Å². The molecule has 1 aliphatic heterocycles. The summed E-state index contributed by atoms with van der Waals surface area (Å²) in [5.74, 6) is 0. The van der Waals surface area contributed by atoms with Crippen LogP contribution < -0.4 is 5.01 Å². The van der Waals surface area contributed by atoms with Gasteiger partial charge in [-0.15, -0.1) is 0 Å². The molecule has 0 radical (unpaired) electrons. The molecule has 0 atom stereocenters. The Kier molecular flexibility index (Phi) is 4.83. The molecule has 3 rings (SSSR count). The molecule has 0 aromatic heterocycles. The second-order valence-electron chi connectivity index (χ2n) is 5.50. The second kappa shape index (κ2) is 7.20. The van der Waals surface area contributed by atoms with Crippen molar-refractivity contribution >= 4 is 12.1 Å². The van der Waals surface area contributed by atoms with E-state index in [1.807, 2.05) is 36.4 Å². The van der Waals surface area contributed by atoms with E-state index in [1.165, 1.54) is 5.56 Å². The van der Waals surface area contributed by atoms with Crippen LogP contribution in [0.15, 0.2) is 60.7 Å². The summed E-state index contributed by atoms with van der Waals surface area (Å²) in [5.41, 5.74) is 2.26. The lowest BCUT2D eigenvalue weighted by molar-refractivity contribution is -0.110. The second-order valence-corrected chi connectivity index (χ2v) is 5.50. The largest absolute Gasteiger partial charge is 0.296 e. The first-order valence-corrected chi connectivity index (χ1v) is 7.67. The van der Waals surface area contributed by atoms with E-state index in [2.05, 4.69) is 34.2 Å². The normalized spacial score (nSPS) is 16.4. The number of hydrogen-bond acceptors (Lipinski definition) is 3. The summed E-state index contributed by atoms with van der Waals surface area (Å²) >= 11 is 0. The van der Waals surface area contributed by atoms with E-state index >= 15 is 0 Å². The average molecular weight is 295 g/mol. The molecule has 0 aliphatic carbocycles. The van der Waals surface area contributed by atoms with E-state index in [0.29, 0.717) is 0 Å². The number of carbonyl (C=O) groups excluding carboxylic acids is 1. The van der Waals surface area contributed by atoms with Crippen LogP contribution in [0.25, 0.3) is 0 Å². The minimum absolute atomic E-state index is 0.862. The van der Waals surface area contributed by atoms with Gasteiger partial charge in [0.2, 0.25) is 6.41 Å². The van der Waals surface area contributed by atoms with Gasteiger partial charge in [0.25, 0.3) is 0 Å². The molecule has 4 nitrogen and oxygen atoms in total. The average Bonchev–Trinajstić information content (AvgIpc) is 2.59. The number of hydrazine groups is 1. The van der Waals surface area contributed by atoms with Crippen LogP contribution in [0.3, 0.4) is 0 Å². The highest BCUT2D eigenvalue weighted by Crippen LogP contribution is 2.16. The quantitative estimate of drug-likeness (QED) is 0.793. The van der Waals surface area contributed by atoms with E-state index in [0.717, 1.165) is 44.8 Å². The third-order valence-corrected chi connectivity index (χ3v) is 4.02. The summed E-state index contributed by atoms with van der Waals surface area (Å²) in [6.45, 7) is 4.63. The highest BCUT2D eigenvalue weighted by molar-refractivity contribution is 5.73. The standard InChI is InChI=1S/C18H21N3O/c22-16-21(18-9-5-2-6-10-18)20-13-11-19(12-14-20)15-17-7-3-1-4-8-17/h1-10,16H,11-15H2. The maximum absolute atomic E-state index is 11.4. The Morgan fingerprint density at radius 1 is 0.864 bits per heavy atom. The van der Waals surface area contributed by atoms with Gasteiger partial charge in [-0.3, -0.25) is 9.69 Å². The van der Waals surface area contributed by atoms with Crippen molar-refractivity contribution in [2.45, 2.75) is 6.54 Å². The summed E-state index contributed by atoms with van der Waals surface area (Å²) in [4.78, 5) is 13.9. The van der Waals surface area contributed by atoms with Gasteiger partial charge < -0.3 is 0 Å². The molecule has 0 saturated carbocycles. The van der Waals surface area contributed by atoms with Gasteiger partial charge in [0.1, 0.15) is 0 Å². The molecule has 1 amide bonds. The number of rotatable bonds is 5. The lowest BCUT2D eigenvalue weighted by atomic mass is 10.2. The van der Waals surface area contributed by atoms with Crippen LogP contribution in [-0.2, 0) is 11.3 Å². The number of piperazine rings is 1. The first kappa shape index (κ1) is 14.8. The van der Waals surface area contributed by atoms with Crippen LogP contribution in [0.1, 0.15) is 5.56 Å². The number of amides is 1. The van der Waals surface area contributed by atoms with Crippen LogP contribution >= 0.6 is 0 Å². The number of carbonyl (C=O) groups is 1. The molecule has 1 saturated heterocycles. The fourth-order valence-corrected chi connectivity index (χ4v) is 2.82. The SMILES string of the molecule is O=CN(c1ccccc1)N1CCN(Cc2ccccc2)CC1. The van der Waals surface area contributed by atoms with Crippen molar-refractivity contribution in [3.63, 3.8) is 0 Å². The van der Waals surface area contributed by atoms with Crippen LogP contribution in [-0.4, -0.2) is 42.5 Å². The molecular weight excluding hydrogens is 274 g/mol. The monoisotopic (exact) mass is 295 g/mol. The van der Waals surface area contributed by atoms with Crippen molar-refractivity contribution in [3.05, 3.63) is 66.2 Å². The first-order chi connectivity index (χ1) is 10.9. The zero-order valence-corrected chi connectivity index (χ0v) is 12.6. The third kappa shape index (κ3) is 3.53. The van der Waals surface area contributed by atoms with E-state index in [4.69, 9.17) is 0 Å². The smallest absolute Gasteiger partial charge is 0.228 e. The zero-order chi connectivity index (χ0) is 15.2. The van der Waals surface area contributed by atoms with E-state index in [1.54, 1.807) is 5.01 Å².